The van der Waals surface area contributed by atoms with Gasteiger partial charge in [-0.2, -0.15) is 0 Å². The lowest BCUT2D eigenvalue weighted by atomic mass is 9.85. The van der Waals surface area contributed by atoms with Crippen LogP contribution in [0.5, 0.6) is 5.88 Å². The molecule has 1 unspecified atom stereocenters. The number of hydrogen-bond donors (Lipinski definition) is 1. The highest BCUT2D eigenvalue weighted by Gasteiger charge is 2.51. The van der Waals surface area contributed by atoms with Crippen molar-refractivity contribution in [1.82, 2.24) is 15.2 Å². The average Bonchev–Trinajstić information content (AvgIpc) is 3.26. The number of cyclic esters (lactones) is 1. The van der Waals surface area contributed by atoms with Crippen LogP contribution in [0.3, 0.4) is 0 Å². The molecule has 3 heterocycles. The lowest BCUT2D eigenvalue weighted by molar-refractivity contribution is -0.156. The molecule has 212 valence electrons. The summed E-state index contributed by atoms with van der Waals surface area (Å²) in [5.41, 5.74) is 0.536. The van der Waals surface area contributed by atoms with Crippen molar-refractivity contribution in [2.75, 3.05) is 13.2 Å². The Morgan fingerprint density at radius 2 is 1.95 bits per heavy atom. The summed E-state index contributed by atoms with van der Waals surface area (Å²) in [6.07, 6.45) is 4.87. The van der Waals surface area contributed by atoms with Gasteiger partial charge in [-0.1, -0.05) is 39.8 Å². The molecule has 9 heteroatoms. The van der Waals surface area contributed by atoms with Crippen LogP contribution in [0.25, 0.3) is 10.8 Å². The first-order valence-corrected chi connectivity index (χ1v) is 14.1. The van der Waals surface area contributed by atoms with Crippen molar-refractivity contribution in [2.24, 2.45) is 5.41 Å². The summed E-state index contributed by atoms with van der Waals surface area (Å²) in [6.45, 7) is 9.80. The number of ether oxygens (including phenoxy) is 3. The zero-order valence-electron chi connectivity index (χ0n) is 23.7. The van der Waals surface area contributed by atoms with Gasteiger partial charge in [-0.3, -0.25) is 4.79 Å². The first-order valence-electron chi connectivity index (χ1n) is 14.1. The molecule has 0 radical (unpaired) electrons. The third-order valence-corrected chi connectivity index (χ3v) is 7.58. The predicted octanol–water partition coefficient (Wildman–Crippen LogP) is 4.79. The van der Waals surface area contributed by atoms with Crippen LogP contribution >= 0.6 is 0 Å². The number of nitrogens with one attached hydrogen (secondary N) is 1. The number of carbonyl (C=O) groups is 3. The molecule has 4 bridgehead atoms. The summed E-state index contributed by atoms with van der Waals surface area (Å²) in [6, 6.07) is 6.07. The normalized spacial score (nSPS) is 24.9. The minimum absolute atomic E-state index is 0.195. The molecule has 1 aromatic heterocycles. The van der Waals surface area contributed by atoms with E-state index in [0.717, 1.165) is 36.5 Å². The molecule has 2 amide bonds. The quantitative estimate of drug-likeness (QED) is 0.559. The first-order chi connectivity index (χ1) is 18.6. The zero-order chi connectivity index (χ0) is 28.2. The maximum atomic E-state index is 14.2. The van der Waals surface area contributed by atoms with Crippen molar-refractivity contribution in [2.45, 2.75) is 97.4 Å². The second kappa shape index (κ2) is 12.2. The van der Waals surface area contributed by atoms with Crippen molar-refractivity contribution in [3.05, 3.63) is 36.0 Å². The van der Waals surface area contributed by atoms with Crippen LogP contribution in [0.4, 0.5) is 4.79 Å². The number of aromatic nitrogens is 1. The smallest absolute Gasteiger partial charge is 0.407 e. The third-order valence-electron chi connectivity index (χ3n) is 7.58. The predicted molar refractivity (Wildman–Crippen MR) is 147 cm³/mol. The van der Waals surface area contributed by atoms with Crippen LogP contribution in [-0.4, -0.2) is 65.3 Å². The molecule has 0 spiro atoms. The Morgan fingerprint density at radius 1 is 1.15 bits per heavy atom. The van der Waals surface area contributed by atoms with Crippen molar-refractivity contribution in [3.63, 3.8) is 0 Å². The number of fused-ring (bicyclic) bond motifs is 3. The zero-order valence-corrected chi connectivity index (χ0v) is 23.7. The van der Waals surface area contributed by atoms with Gasteiger partial charge in [0.25, 0.3) is 0 Å². The van der Waals surface area contributed by atoms with E-state index in [4.69, 9.17) is 14.2 Å². The van der Waals surface area contributed by atoms with E-state index in [9.17, 15) is 14.4 Å². The molecule has 2 aromatic rings. The molecule has 4 atom stereocenters. The van der Waals surface area contributed by atoms with Gasteiger partial charge in [0.2, 0.25) is 11.8 Å². The molecule has 1 saturated heterocycles. The van der Waals surface area contributed by atoms with Crippen LogP contribution in [0.1, 0.15) is 72.3 Å². The largest absolute Gasteiger partial charge is 0.472 e. The van der Waals surface area contributed by atoms with Crippen molar-refractivity contribution in [1.29, 1.82) is 0 Å². The number of benzene rings is 1. The molecule has 2 aliphatic rings. The summed E-state index contributed by atoms with van der Waals surface area (Å²) in [5.74, 6) is -0.348. The van der Waals surface area contributed by atoms with Gasteiger partial charge in [-0.15, -0.1) is 0 Å². The highest BCUT2D eigenvalue weighted by molar-refractivity contribution is 5.91. The Kier molecular flexibility index (Phi) is 8.97. The molecule has 2 aliphatic heterocycles. The monoisotopic (exact) mass is 539 g/mol. The number of alkyl carbamates (subject to hydrolysis) is 1. The Bertz CT molecular complexity index is 1190. The molecule has 9 nitrogen and oxygen atoms in total. The maximum Gasteiger partial charge on any atom is 0.407 e. The van der Waals surface area contributed by atoms with E-state index < -0.39 is 41.7 Å². The van der Waals surface area contributed by atoms with Gasteiger partial charge in [-0.05, 0) is 67.5 Å². The summed E-state index contributed by atoms with van der Waals surface area (Å²) < 4.78 is 17.4. The fourth-order valence-corrected chi connectivity index (χ4v) is 5.56. The Labute approximate surface area is 230 Å². The Hall–Kier alpha value is -3.36. The van der Waals surface area contributed by atoms with Gasteiger partial charge in [0.1, 0.15) is 18.2 Å². The van der Waals surface area contributed by atoms with Gasteiger partial charge in [-0.25, -0.2) is 14.6 Å². The van der Waals surface area contributed by atoms with E-state index >= 15 is 0 Å². The van der Waals surface area contributed by atoms with Crippen molar-refractivity contribution < 1.29 is 28.6 Å². The number of aryl methyl sites for hydroxylation is 1. The molecular weight excluding hydrogens is 498 g/mol. The van der Waals surface area contributed by atoms with Gasteiger partial charge >= 0.3 is 12.1 Å². The number of rotatable bonds is 3. The second-order valence-corrected chi connectivity index (χ2v) is 11.4. The minimum Gasteiger partial charge on any atom is -0.472 e. The van der Waals surface area contributed by atoms with Gasteiger partial charge in [0.05, 0.1) is 19.3 Å². The fraction of sp³-hybridized carbons (Fsp3) is 0.600. The molecule has 0 saturated carbocycles. The van der Waals surface area contributed by atoms with Crippen LogP contribution in [-0.2, 0) is 25.5 Å². The molecular formula is C30H41N3O6. The van der Waals surface area contributed by atoms with Gasteiger partial charge < -0.3 is 24.4 Å². The van der Waals surface area contributed by atoms with E-state index in [1.165, 1.54) is 5.56 Å². The third kappa shape index (κ3) is 6.45. The summed E-state index contributed by atoms with van der Waals surface area (Å²) >= 11 is 0. The molecule has 1 aromatic carbocycles. The van der Waals surface area contributed by atoms with E-state index in [0.29, 0.717) is 12.3 Å². The SMILES string of the molecule is CCOC(=O)[C@@H]1C[C@H]2Oc3nccc4ccc(cc34)CCCCCOC(=O)N[C@@H](C(C)(C)C)C(=O)N1C2CC. The lowest BCUT2D eigenvalue weighted by Crippen LogP contribution is -2.59. The summed E-state index contributed by atoms with van der Waals surface area (Å²) in [5, 5.41) is 4.72. The maximum absolute atomic E-state index is 14.2. The molecule has 1 N–H and O–H groups in total. The van der Waals surface area contributed by atoms with E-state index in [2.05, 4.69) is 28.5 Å². The number of amides is 2. The summed E-state index contributed by atoms with van der Waals surface area (Å²) in [7, 11) is 0. The van der Waals surface area contributed by atoms with E-state index in [-0.39, 0.29) is 25.5 Å². The van der Waals surface area contributed by atoms with Crippen LogP contribution in [0, 0.1) is 5.41 Å². The number of nitrogens with zero attached hydrogens (tertiary/aromatic N) is 2. The number of carbonyl (C=O) groups excluding carboxylic acids is 3. The van der Waals surface area contributed by atoms with Crippen LogP contribution in [0.2, 0.25) is 0 Å². The van der Waals surface area contributed by atoms with Crippen LogP contribution in [0.15, 0.2) is 30.5 Å². The van der Waals surface area contributed by atoms with Crippen molar-refractivity contribution in [3.8, 4) is 5.88 Å². The highest BCUT2D eigenvalue weighted by atomic mass is 16.5. The number of pyridine rings is 1. The number of hydrogen-bond acceptors (Lipinski definition) is 7. The number of esters is 1. The molecule has 1 fully saturated rings. The van der Waals surface area contributed by atoms with Gasteiger partial charge in [0, 0.05) is 18.0 Å². The minimum atomic E-state index is -0.910. The lowest BCUT2D eigenvalue weighted by Gasteiger charge is -2.37. The molecule has 39 heavy (non-hydrogen) atoms. The van der Waals surface area contributed by atoms with E-state index in [1.807, 2.05) is 33.8 Å². The molecule has 0 aliphatic carbocycles. The average molecular weight is 540 g/mol. The Balaban J connectivity index is 1.78. The van der Waals surface area contributed by atoms with E-state index in [1.54, 1.807) is 18.0 Å². The van der Waals surface area contributed by atoms with Crippen LogP contribution < -0.4 is 10.1 Å². The van der Waals surface area contributed by atoms with Gasteiger partial charge in [0.15, 0.2) is 0 Å². The molecule has 4 rings (SSSR count). The topological polar surface area (TPSA) is 107 Å². The standard InChI is InChI=1S/C30H41N3O6/c1-6-22-24-18-23(28(35)37-7-2)33(22)27(34)25(30(3,4)5)32-29(36)38-16-10-8-9-11-19-12-13-20-14-15-31-26(39-24)21(20)17-19/h12-15,17,22-25H,6-11,16,18H2,1-5H3,(H,32,36)/t22?,23-,24+,25+/m0/s1. The van der Waals surface area contributed by atoms with Crippen molar-refractivity contribution >= 4 is 28.7 Å². The fourth-order valence-electron chi connectivity index (χ4n) is 5.56. The second-order valence-electron chi connectivity index (χ2n) is 11.4. The summed E-state index contributed by atoms with van der Waals surface area (Å²) in [4.78, 5) is 46.2. The first kappa shape index (κ1) is 28.6. The Morgan fingerprint density at radius 3 is 2.67 bits per heavy atom. The highest BCUT2D eigenvalue weighted by Crippen LogP contribution is 2.35.